The molecule has 1 saturated carbocycles. The van der Waals surface area contributed by atoms with E-state index in [1.54, 1.807) is 12.1 Å². The second-order valence-electron chi connectivity index (χ2n) is 4.67. The van der Waals surface area contributed by atoms with Gasteiger partial charge in [-0.25, -0.2) is 0 Å². The van der Waals surface area contributed by atoms with E-state index in [2.05, 4.69) is 12.2 Å². The highest BCUT2D eigenvalue weighted by atomic mass is 127. The van der Waals surface area contributed by atoms with Gasteiger partial charge in [-0.1, -0.05) is 13.3 Å². The van der Waals surface area contributed by atoms with Gasteiger partial charge in [0.05, 0.1) is 3.57 Å². The predicted octanol–water partition coefficient (Wildman–Crippen LogP) is 3.40. The number of carbonyl (C=O) groups is 1. The Labute approximate surface area is 131 Å². The number of aromatic hydroxyl groups is 1. The lowest BCUT2D eigenvalue weighted by Gasteiger charge is -2.20. The molecule has 1 aromatic carbocycles. The molecule has 1 aliphatic rings. The minimum absolute atomic E-state index is 0.0831. The summed E-state index contributed by atoms with van der Waals surface area (Å²) in [6, 6.07) is 5.32. The molecule has 104 valence electrons. The van der Waals surface area contributed by atoms with E-state index in [1.807, 2.05) is 34.4 Å². The molecule has 2 rings (SSSR count). The van der Waals surface area contributed by atoms with E-state index >= 15 is 0 Å². The number of nitrogens with one attached hydrogen (secondary N) is 1. The number of rotatable bonds is 4. The second kappa shape index (κ2) is 6.83. The van der Waals surface area contributed by atoms with Crippen LogP contribution in [0.2, 0.25) is 0 Å². The molecular weight excluding hydrogens is 373 g/mol. The third-order valence-electron chi connectivity index (χ3n) is 3.36. The van der Waals surface area contributed by atoms with E-state index in [0.29, 0.717) is 10.8 Å². The number of hydrogen-bond donors (Lipinski definition) is 2. The van der Waals surface area contributed by atoms with Crippen molar-refractivity contribution < 1.29 is 9.90 Å². The molecule has 0 saturated heterocycles. The van der Waals surface area contributed by atoms with Crippen LogP contribution in [-0.4, -0.2) is 28.1 Å². The third kappa shape index (κ3) is 3.78. The Hall–Kier alpha value is -0.430. The summed E-state index contributed by atoms with van der Waals surface area (Å²) in [7, 11) is 0. The first-order valence-electron chi connectivity index (χ1n) is 6.52. The second-order valence-corrected chi connectivity index (χ2v) is 7.35. The van der Waals surface area contributed by atoms with Crippen molar-refractivity contribution in [2.45, 2.75) is 37.5 Å². The Bertz CT molecular complexity index is 467. The summed E-state index contributed by atoms with van der Waals surface area (Å²) in [5, 5.41) is 13.3. The first-order chi connectivity index (χ1) is 9.11. The lowest BCUT2D eigenvalue weighted by molar-refractivity contribution is 0.0938. The summed E-state index contributed by atoms with van der Waals surface area (Å²) < 4.78 is 0.759. The topological polar surface area (TPSA) is 49.3 Å². The molecule has 0 heterocycles. The molecule has 2 unspecified atom stereocenters. The van der Waals surface area contributed by atoms with Crippen molar-refractivity contribution in [2.75, 3.05) is 5.75 Å². The van der Waals surface area contributed by atoms with Crippen LogP contribution in [0, 0.1) is 3.57 Å². The van der Waals surface area contributed by atoms with Gasteiger partial charge in [-0.3, -0.25) is 4.79 Å². The minimum atomic E-state index is -0.0831. The van der Waals surface area contributed by atoms with Crippen LogP contribution < -0.4 is 5.32 Å². The monoisotopic (exact) mass is 391 g/mol. The Morgan fingerprint density at radius 3 is 3.00 bits per heavy atom. The van der Waals surface area contributed by atoms with Crippen LogP contribution in [0.4, 0.5) is 0 Å². The van der Waals surface area contributed by atoms with Crippen molar-refractivity contribution in [1.82, 2.24) is 5.32 Å². The molecular formula is C14H18INO2S. The summed E-state index contributed by atoms with van der Waals surface area (Å²) in [6.45, 7) is 2.15. The van der Waals surface area contributed by atoms with Gasteiger partial charge in [0, 0.05) is 16.9 Å². The quantitative estimate of drug-likeness (QED) is 0.774. The standard InChI is InChI=1S/C14H18INO2S/c1-2-19-13-5-3-4-11(13)16-14(18)9-6-7-10(15)12(17)8-9/h6-8,11,13,17H,2-5H2,1H3,(H,16,18). The molecule has 0 aliphatic heterocycles. The van der Waals surface area contributed by atoms with E-state index in [1.165, 1.54) is 18.9 Å². The van der Waals surface area contributed by atoms with E-state index in [0.717, 1.165) is 15.7 Å². The number of hydrogen-bond acceptors (Lipinski definition) is 3. The van der Waals surface area contributed by atoms with Crippen molar-refractivity contribution in [3.05, 3.63) is 27.3 Å². The maximum atomic E-state index is 12.2. The van der Waals surface area contributed by atoms with Gasteiger partial charge in [-0.05, 0) is 59.4 Å². The minimum Gasteiger partial charge on any atom is -0.507 e. The summed E-state index contributed by atoms with van der Waals surface area (Å²) in [5.74, 6) is 1.17. The molecule has 3 nitrogen and oxygen atoms in total. The molecule has 0 bridgehead atoms. The predicted molar refractivity (Wildman–Crippen MR) is 87.8 cm³/mol. The summed E-state index contributed by atoms with van der Waals surface area (Å²) in [4.78, 5) is 12.2. The Balaban J connectivity index is 2.02. The Kier molecular flexibility index (Phi) is 5.38. The summed E-state index contributed by atoms with van der Waals surface area (Å²) in [5.41, 5.74) is 0.532. The van der Waals surface area contributed by atoms with Crippen LogP contribution in [0.5, 0.6) is 5.75 Å². The maximum absolute atomic E-state index is 12.2. The van der Waals surface area contributed by atoms with Crippen LogP contribution >= 0.6 is 34.4 Å². The fraction of sp³-hybridized carbons (Fsp3) is 0.500. The lowest BCUT2D eigenvalue weighted by Crippen LogP contribution is -2.38. The molecule has 0 radical (unpaired) electrons. The molecule has 1 amide bonds. The number of benzene rings is 1. The van der Waals surface area contributed by atoms with Crippen LogP contribution in [0.25, 0.3) is 0 Å². The van der Waals surface area contributed by atoms with Gasteiger partial charge in [0.1, 0.15) is 5.75 Å². The van der Waals surface area contributed by atoms with Crippen molar-refractivity contribution in [2.24, 2.45) is 0 Å². The van der Waals surface area contributed by atoms with Crippen LogP contribution in [0.1, 0.15) is 36.5 Å². The van der Waals surface area contributed by atoms with Gasteiger partial charge < -0.3 is 10.4 Å². The van der Waals surface area contributed by atoms with Gasteiger partial charge >= 0.3 is 0 Å². The molecule has 2 N–H and O–H groups in total. The highest BCUT2D eigenvalue weighted by Gasteiger charge is 2.28. The van der Waals surface area contributed by atoms with Gasteiger partial charge in [0.25, 0.3) is 5.91 Å². The zero-order valence-corrected chi connectivity index (χ0v) is 13.8. The van der Waals surface area contributed by atoms with Crippen molar-refractivity contribution in [3.63, 3.8) is 0 Å². The summed E-state index contributed by atoms with van der Waals surface area (Å²) in [6.07, 6.45) is 3.42. The number of phenols is 1. The highest BCUT2D eigenvalue weighted by Crippen LogP contribution is 2.30. The number of phenolic OH excluding ortho intramolecular Hbond substituents is 1. The van der Waals surface area contributed by atoms with Crippen LogP contribution in [0.3, 0.4) is 0 Å². The zero-order chi connectivity index (χ0) is 13.8. The maximum Gasteiger partial charge on any atom is 0.251 e. The molecule has 1 aromatic rings. The van der Waals surface area contributed by atoms with Crippen LogP contribution in [-0.2, 0) is 0 Å². The lowest BCUT2D eigenvalue weighted by atomic mass is 10.1. The average molecular weight is 391 g/mol. The van der Waals surface area contributed by atoms with E-state index in [-0.39, 0.29) is 17.7 Å². The van der Waals surface area contributed by atoms with Crippen molar-refractivity contribution in [3.8, 4) is 5.75 Å². The normalized spacial score (nSPS) is 22.4. The van der Waals surface area contributed by atoms with Gasteiger partial charge in [0.15, 0.2) is 0 Å². The molecule has 0 spiro atoms. The number of amides is 1. The highest BCUT2D eigenvalue weighted by molar-refractivity contribution is 14.1. The molecule has 0 aromatic heterocycles. The summed E-state index contributed by atoms with van der Waals surface area (Å²) >= 11 is 3.97. The molecule has 1 fully saturated rings. The average Bonchev–Trinajstić information content (AvgIpc) is 2.80. The van der Waals surface area contributed by atoms with Gasteiger partial charge in [-0.2, -0.15) is 11.8 Å². The number of thioether (sulfide) groups is 1. The van der Waals surface area contributed by atoms with Gasteiger partial charge in [-0.15, -0.1) is 0 Å². The van der Waals surface area contributed by atoms with E-state index < -0.39 is 0 Å². The Morgan fingerprint density at radius 1 is 1.53 bits per heavy atom. The molecule has 5 heteroatoms. The SMILES string of the molecule is CCSC1CCCC1NC(=O)c1ccc(I)c(O)c1. The zero-order valence-electron chi connectivity index (χ0n) is 10.9. The fourth-order valence-corrected chi connectivity index (χ4v) is 3.94. The first-order valence-corrected chi connectivity index (χ1v) is 8.65. The van der Waals surface area contributed by atoms with Crippen molar-refractivity contribution in [1.29, 1.82) is 0 Å². The smallest absolute Gasteiger partial charge is 0.251 e. The Morgan fingerprint density at radius 2 is 2.32 bits per heavy atom. The van der Waals surface area contributed by atoms with E-state index in [4.69, 9.17) is 0 Å². The fourth-order valence-electron chi connectivity index (χ4n) is 2.41. The van der Waals surface area contributed by atoms with Crippen molar-refractivity contribution >= 4 is 40.3 Å². The largest absolute Gasteiger partial charge is 0.507 e. The third-order valence-corrected chi connectivity index (χ3v) is 5.60. The number of carbonyl (C=O) groups excluding carboxylic acids is 1. The van der Waals surface area contributed by atoms with E-state index in [9.17, 15) is 9.90 Å². The molecule has 1 aliphatic carbocycles. The molecule has 19 heavy (non-hydrogen) atoms. The van der Waals surface area contributed by atoms with Crippen LogP contribution in [0.15, 0.2) is 18.2 Å². The first kappa shape index (κ1) is 15.0. The van der Waals surface area contributed by atoms with Gasteiger partial charge in [0.2, 0.25) is 0 Å². The number of halogens is 1. The molecule has 2 atom stereocenters.